The minimum Gasteiger partial charge on any atom is -0.466 e. The van der Waals surface area contributed by atoms with Crippen LogP contribution in [-0.4, -0.2) is 61.2 Å². The van der Waals surface area contributed by atoms with Gasteiger partial charge in [0.15, 0.2) is 0 Å². The SMILES string of the molecule is CCCCCCCCCCCCCC(=O)OCCCOC(=O)CCOCCC(=O)ON1C(=O)CCC1=O. The molecule has 2 amide bonds. The van der Waals surface area contributed by atoms with Crippen LogP contribution in [0.1, 0.15) is 116 Å². The van der Waals surface area contributed by atoms with E-state index in [0.717, 1.165) is 19.3 Å². The van der Waals surface area contributed by atoms with Crippen LogP contribution in [0.3, 0.4) is 0 Å². The molecular formula is C27H45NO9. The lowest BCUT2D eigenvalue weighted by molar-refractivity contribution is -0.198. The number of amides is 2. The summed E-state index contributed by atoms with van der Waals surface area (Å²) in [6, 6.07) is 0. The van der Waals surface area contributed by atoms with Gasteiger partial charge >= 0.3 is 17.9 Å². The van der Waals surface area contributed by atoms with Crippen molar-refractivity contribution in [3.63, 3.8) is 0 Å². The predicted molar refractivity (Wildman–Crippen MR) is 135 cm³/mol. The van der Waals surface area contributed by atoms with Gasteiger partial charge in [0.25, 0.3) is 11.8 Å². The summed E-state index contributed by atoms with van der Waals surface area (Å²) in [5, 5.41) is 0.482. The van der Waals surface area contributed by atoms with Crippen molar-refractivity contribution in [3.8, 4) is 0 Å². The number of carbonyl (C=O) groups excluding carboxylic acids is 5. The molecule has 1 fully saturated rings. The molecule has 10 heteroatoms. The van der Waals surface area contributed by atoms with Gasteiger partial charge in [-0.25, -0.2) is 4.79 Å². The number of carbonyl (C=O) groups is 5. The number of esters is 2. The maximum Gasteiger partial charge on any atom is 0.335 e. The summed E-state index contributed by atoms with van der Waals surface area (Å²) < 4.78 is 15.4. The summed E-state index contributed by atoms with van der Waals surface area (Å²) in [6.07, 6.45) is 14.3. The Balaban J connectivity index is 1.85. The fourth-order valence-corrected chi connectivity index (χ4v) is 3.73. The van der Waals surface area contributed by atoms with Gasteiger partial charge in [0.2, 0.25) is 0 Å². The van der Waals surface area contributed by atoms with E-state index in [1.165, 1.54) is 51.4 Å². The lowest BCUT2D eigenvalue weighted by Gasteiger charge is -2.12. The third-order valence-corrected chi connectivity index (χ3v) is 5.90. The molecule has 0 unspecified atom stereocenters. The summed E-state index contributed by atoms with van der Waals surface area (Å²) in [7, 11) is 0. The topological polar surface area (TPSA) is 126 Å². The molecule has 1 rings (SSSR count). The van der Waals surface area contributed by atoms with Gasteiger partial charge in [0.05, 0.1) is 39.3 Å². The van der Waals surface area contributed by atoms with Crippen LogP contribution in [0.25, 0.3) is 0 Å². The van der Waals surface area contributed by atoms with E-state index in [2.05, 4.69) is 6.92 Å². The standard InChI is InChI=1S/C27H45NO9/c1-2-3-4-5-6-7-8-9-10-11-12-14-25(31)35-19-13-20-36-26(32)17-21-34-22-18-27(33)37-28-23(29)15-16-24(28)30/h2-22H2,1H3. The number of hydrogen-bond acceptors (Lipinski definition) is 9. The van der Waals surface area contributed by atoms with Gasteiger partial charge in [-0.2, -0.15) is 0 Å². The molecule has 0 bridgehead atoms. The zero-order valence-electron chi connectivity index (χ0n) is 22.5. The molecule has 0 radical (unpaired) electrons. The van der Waals surface area contributed by atoms with Crippen molar-refractivity contribution in [3.05, 3.63) is 0 Å². The molecule has 1 heterocycles. The van der Waals surface area contributed by atoms with Crippen LogP contribution in [0.15, 0.2) is 0 Å². The van der Waals surface area contributed by atoms with E-state index in [-0.39, 0.29) is 58.1 Å². The summed E-state index contributed by atoms with van der Waals surface area (Å²) in [5.41, 5.74) is 0. The third-order valence-electron chi connectivity index (χ3n) is 5.90. The molecule has 212 valence electrons. The van der Waals surface area contributed by atoms with E-state index in [1.54, 1.807) is 0 Å². The second-order valence-electron chi connectivity index (χ2n) is 9.24. The van der Waals surface area contributed by atoms with Gasteiger partial charge in [0.1, 0.15) is 0 Å². The Hall–Kier alpha value is -2.49. The molecule has 37 heavy (non-hydrogen) atoms. The number of ether oxygens (including phenoxy) is 3. The van der Waals surface area contributed by atoms with Crippen molar-refractivity contribution in [1.29, 1.82) is 0 Å². The van der Waals surface area contributed by atoms with Crippen LogP contribution >= 0.6 is 0 Å². The first-order chi connectivity index (χ1) is 17.9. The quantitative estimate of drug-likeness (QED) is 0.107. The van der Waals surface area contributed by atoms with Gasteiger partial charge in [0, 0.05) is 25.7 Å². The Bertz CT molecular complexity index is 679. The minimum absolute atomic E-state index is 0.0107. The van der Waals surface area contributed by atoms with Gasteiger partial charge in [-0.1, -0.05) is 71.1 Å². The van der Waals surface area contributed by atoms with Crippen molar-refractivity contribution < 1.29 is 43.0 Å². The predicted octanol–water partition coefficient (Wildman–Crippen LogP) is 4.57. The maximum absolute atomic E-state index is 11.8. The first kappa shape index (κ1) is 32.5. The largest absolute Gasteiger partial charge is 0.466 e. The number of rotatable bonds is 23. The number of nitrogens with zero attached hydrogens (tertiary/aromatic N) is 1. The Morgan fingerprint density at radius 1 is 0.595 bits per heavy atom. The van der Waals surface area contributed by atoms with E-state index < -0.39 is 23.8 Å². The number of hydroxylamine groups is 2. The van der Waals surface area contributed by atoms with Crippen molar-refractivity contribution in [2.24, 2.45) is 0 Å². The van der Waals surface area contributed by atoms with Gasteiger partial charge < -0.3 is 19.0 Å². The van der Waals surface area contributed by atoms with Crippen LogP contribution in [0.2, 0.25) is 0 Å². The van der Waals surface area contributed by atoms with Crippen LogP contribution in [-0.2, 0) is 43.0 Å². The Morgan fingerprint density at radius 3 is 1.59 bits per heavy atom. The second-order valence-corrected chi connectivity index (χ2v) is 9.24. The molecule has 0 saturated carbocycles. The van der Waals surface area contributed by atoms with E-state index in [0.29, 0.717) is 17.9 Å². The van der Waals surface area contributed by atoms with Crippen molar-refractivity contribution in [2.75, 3.05) is 26.4 Å². The van der Waals surface area contributed by atoms with Gasteiger partial charge in [-0.05, 0) is 6.42 Å². The highest BCUT2D eigenvalue weighted by molar-refractivity contribution is 6.01. The Kier molecular flexibility index (Phi) is 19.0. The molecule has 0 atom stereocenters. The Labute approximate surface area is 220 Å². The number of hydrogen-bond donors (Lipinski definition) is 0. The molecular weight excluding hydrogens is 482 g/mol. The highest BCUT2D eigenvalue weighted by Crippen LogP contribution is 2.13. The van der Waals surface area contributed by atoms with E-state index in [9.17, 15) is 24.0 Å². The number of unbranched alkanes of at least 4 members (excludes halogenated alkanes) is 10. The highest BCUT2D eigenvalue weighted by Gasteiger charge is 2.32. The molecule has 0 N–H and O–H groups in total. The molecule has 0 aromatic heterocycles. The molecule has 1 aliphatic rings. The fourth-order valence-electron chi connectivity index (χ4n) is 3.73. The monoisotopic (exact) mass is 527 g/mol. The maximum atomic E-state index is 11.8. The molecule has 0 aromatic rings. The minimum atomic E-state index is -0.760. The summed E-state index contributed by atoms with van der Waals surface area (Å²) in [5.74, 6) is -2.51. The van der Waals surface area contributed by atoms with Crippen LogP contribution in [0.4, 0.5) is 0 Å². The average molecular weight is 528 g/mol. The van der Waals surface area contributed by atoms with E-state index in [1.807, 2.05) is 0 Å². The van der Waals surface area contributed by atoms with Gasteiger partial charge in [-0.3, -0.25) is 19.2 Å². The van der Waals surface area contributed by atoms with Crippen molar-refractivity contribution >= 4 is 29.7 Å². The van der Waals surface area contributed by atoms with Crippen molar-refractivity contribution in [1.82, 2.24) is 5.06 Å². The molecule has 1 saturated heterocycles. The smallest absolute Gasteiger partial charge is 0.335 e. The van der Waals surface area contributed by atoms with Crippen LogP contribution < -0.4 is 0 Å². The molecule has 10 nitrogen and oxygen atoms in total. The third kappa shape index (κ3) is 17.6. The Morgan fingerprint density at radius 2 is 1.05 bits per heavy atom. The summed E-state index contributed by atoms with van der Waals surface area (Å²) in [4.78, 5) is 62.5. The second kappa shape index (κ2) is 21.6. The summed E-state index contributed by atoms with van der Waals surface area (Å²) in [6.45, 7) is 2.63. The molecule has 0 aromatic carbocycles. The molecule has 0 aliphatic carbocycles. The first-order valence-corrected chi connectivity index (χ1v) is 13.9. The molecule has 0 spiro atoms. The van der Waals surface area contributed by atoms with E-state index in [4.69, 9.17) is 19.0 Å². The van der Waals surface area contributed by atoms with Gasteiger partial charge in [-0.15, -0.1) is 5.06 Å². The lowest BCUT2D eigenvalue weighted by Crippen LogP contribution is -2.32. The average Bonchev–Trinajstić information content (AvgIpc) is 3.18. The molecule has 1 aliphatic heterocycles. The summed E-state index contributed by atoms with van der Waals surface area (Å²) >= 11 is 0. The lowest BCUT2D eigenvalue weighted by atomic mass is 10.1. The fraction of sp³-hybridized carbons (Fsp3) is 0.815. The van der Waals surface area contributed by atoms with Crippen LogP contribution in [0.5, 0.6) is 0 Å². The van der Waals surface area contributed by atoms with Crippen molar-refractivity contribution in [2.45, 2.75) is 116 Å². The zero-order chi connectivity index (χ0) is 27.1. The highest BCUT2D eigenvalue weighted by atomic mass is 16.7. The zero-order valence-corrected chi connectivity index (χ0v) is 22.5. The normalized spacial score (nSPS) is 13.2. The first-order valence-electron chi connectivity index (χ1n) is 13.9. The van der Waals surface area contributed by atoms with Crippen LogP contribution in [0, 0.1) is 0 Å². The number of imide groups is 1. The van der Waals surface area contributed by atoms with E-state index >= 15 is 0 Å².